The number of hydrogen-bond acceptors (Lipinski definition) is 0. The first-order chi connectivity index (χ1) is 12.4. The van der Waals surface area contributed by atoms with Crippen molar-refractivity contribution < 1.29 is 74.6 Å². The molecule has 1 atom stereocenters. The van der Waals surface area contributed by atoms with Crippen LogP contribution in [-0.2, 0) is 0 Å². The molecule has 0 N–H and O–H groups in total. The molecule has 0 nitrogen and oxygen atoms in total. The topological polar surface area (TPSA) is 0 Å². The lowest BCUT2D eigenvalue weighted by molar-refractivity contribution is -0.359. The van der Waals surface area contributed by atoms with Crippen molar-refractivity contribution in [2.75, 3.05) is 6.67 Å². The van der Waals surface area contributed by atoms with Crippen LogP contribution in [0.5, 0.6) is 0 Å². The molecule has 0 rings (SSSR count). The van der Waals surface area contributed by atoms with Gasteiger partial charge in [-0.3, -0.25) is 0 Å². The molecular formula is C12H7F17. The van der Waals surface area contributed by atoms with Gasteiger partial charge in [0.1, 0.15) is 6.67 Å². The Morgan fingerprint density at radius 1 is 0.586 bits per heavy atom. The van der Waals surface area contributed by atoms with Crippen molar-refractivity contribution in [3.63, 3.8) is 0 Å². The monoisotopic (exact) mass is 474 g/mol. The maximum atomic E-state index is 13.5. The van der Waals surface area contributed by atoms with Crippen molar-refractivity contribution in [1.82, 2.24) is 0 Å². The van der Waals surface area contributed by atoms with Gasteiger partial charge in [0.2, 0.25) is 5.67 Å². The van der Waals surface area contributed by atoms with Gasteiger partial charge in [0.05, 0.1) is 0 Å². The average molecular weight is 474 g/mol. The summed E-state index contributed by atoms with van der Waals surface area (Å²) >= 11 is 0. The van der Waals surface area contributed by atoms with Crippen LogP contribution >= 0.6 is 0 Å². The molecule has 0 heterocycles. The molecule has 0 aromatic heterocycles. The Hall–Kier alpha value is -1.45. The SMILES string of the molecule is FCC(F)(C=C(F)F)C(F)(F)C(F)(F)C(F)(F)CCC(F)(C(F)(F)F)C(F)(F)F. The van der Waals surface area contributed by atoms with Crippen LogP contribution in [0.1, 0.15) is 12.8 Å². The molecule has 174 valence electrons. The Balaban J connectivity index is 6.15. The zero-order valence-corrected chi connectivity index (χ0v) is 13.1. The molecule has 0 spiro atoms. The molecule has 0 saturated heterocycles. The fourth-order valence-electron chi connectivity index (χ4n) is 1.81. The lowest BCUT2D eigenvalue weighted by Gasteiger charge is -2.39. The van der Waals surface area contributed by atoms with Crippen LogP contribution in [0.15, 0.2) is 12.2 Å². The highest BCUT2D eigenvalue weighted by Gasteiger charge is 2.80. The number of allylic oxidation sites excluding steroid dienone is 1. The van der Waals surface area contributed by atoms with Crippen LogP contribution < -0.4 is 0 Å². The second kappa shape index (κ2) is 7.67. The molecule has 0 aliphatic heterocycles. The van der Waals surface area contributed by atoms with Gasteiger partial charge in [0.15, 0.2) is 0 Å². The molecule has 0 saturated carbocycles. The highest BCUT2D eigenvalue weighted by atomic mass is 19.4. The summed E-state index contributed by atoms with van der Waals surface area (Å²) in [6, 6.07) is 0. The normalized spacial score (nSPS) is 17.1. The standard InChI is InChI=1S/C12H7F17/c13-4-6(16,3-5(14)15)9(20,21)10(22,23)8(18,19)2-1-7(17,11(24,25)26)12(27,28)29/h3H,1-2,4H2. The van der Waals surface area contributed by atoms with Gasteiger partial charge < -0.3 is 0 Å². The summed E-state index contributed by atoms with van der Waals surface area (Å²) in [6.45, 7) is -3.47. The van der Waals surface area contributed by atoms with Crippen LogP contribution in [0, 0.1) is 0 Å². The third-order valence-electron chi connectivity index (χ3n) is 3.59. The number of hydrogen-bond donors (Lipinski definition) is 0. The van der Waals surface area contributed by atoms with Crippen molar-refractivity contribution >= 4 is 0 Å². The van der Waals surface area contributed by atoms with Gasteiger partial charge in [0, 0.05) is 18.9 Å². The van der Waals surface area contributed by atoms with Crippen molar-refractivity contribution in [2.24, 2.45) is 0 Å². The lowest BCUT2D eigenvalue weighted by Crippen LogP contribution is -2.64. The predicted octanol–water partition coefficient (Wildman–Crippen LogP) is 6.96. The molecule has 17 heteroatoms. The molecule has 0 aliphatic rings. The first-order valence-corrected chi connectivity index (χ1v) is 6.68. The largest absolute Gasteiger partial charge is 0.431 e. The Kier molecular flexibility index (Phi) is 7.28. The Morgan fingerprint density at radius 3 is 1.24 bits per heavy atom. The molecule has 0 aliphatic carbocycles. The fourth-order valence-corrected chi connectivity index (χ4v) is 1.81. The molecule has 0 aromatic carbocycles. The highest BCUT2D eigenvalue weighted by Crippen LogP contribution is 2.56. The second-order valence-corrected chi connectivity index (χ2v) is 5.58. The molecule has 1 unspecified atom stereocenters. The number of rotatable bonds is 8. The smallest absolute Gasteiger partial charge is 0.247 e. The van der Waals surface area contributed by atoms with Crippen LogP contribution in [0.2, 0.25) is 0 Å². The minimum Gasteiger partial charge on any atom is -0.247 e. The van der Waals surface area contributed by atoms with Crippen LogP contribution in [0.25, 0.3) is 0 Å². The first-order valence-electron chi connectivity index (χ1n) is 6.68. The van der Waals surface area contributed by atoms with Gasteiger partial charge in [0.25, 0.3) is 11.7 Å². The maximum absolute atomic E-state index is 13.5. The molecule has 0 amide bonds. The molecule has 0 aromatic rings. The molecule has 0 fully saturated rings. The minimum absolute atomic E-state index is 1.83. The maximum Gasteiger partial charge on any atom is 0.431 e. The van der Waals surface area contributed by atoms with Gasteiger partial charge in [-0.15, -0.1) is 0 Å². The Morgan fingerprint density at radius 2 is 0.966 bits per heavy atom. The molecule has 29 heavy (non-hydrogen) atoms. The van der Waals surface area contributed by atoms with E-state index in [1.165, 1.54) is 0 Å². The van der Waals surface area contributed by atoms with E-state index in [0.29, 0.717) is 0 Å². The zero-order valence-electron chi connectivity index (χ0n) is 13.1. The van der Waals surface area contributed by atoms with Crippen molar-refractivity contribution in [1.29, 1.82) is 0 Å². The summed E-state index contributed by atoms with van der Waals surface area (Å²) in [6.07, 6.45) is -26.6. The second-order valence-electron chi connectivity index (χ2n) is 5.58. The van der Waals surface area contributed by atoms with E-state index in [9.17, 15) is 74.6 Å². The van der Waals surface area contributed by atoms with E-state index >= 15 is 0 Å². The average Bonchev–Trinajstić information content (AvgIpc) is 2.48. The predicted molar refractivity (Wildman–Crippen MR) is 60.1 cm³/mol. The summed E-state index contributed by atoms with van der Waals surface area (Å²) in [7, 11) is 0. The van der Waals surface area contributed by atoms with E-state index in [1.54, 1.807) is 0 Å². The summed E-state index contributed by atoms with van der Waals surface area (Å²) in [5.74, 6) is -21.2. The summed E-state index contributed by atoms with van der Waals surface area (Å²) in [5.41, 5.74) is -12.4. The summed E-state index contributed by atoms with van der Waals surface area (Å²) < 4.78 is 217. The van der Waals surface area contributed by atoms with E-state index in [4.69, 9.17) is 0 Å². The quantitative estimate of drug-likeness (QED) is 0.334. The van der Waals surface area contributed by atoms with Crippen molar-refractivity contribution in [2.45, 2.75) is 54.3 Å². The van der Waals surface area contributed by atoms with Crippen molar-refractivity contribution in [3.8, 4) is 0 Å². The third kappa shape index (κ3) is 4.67. The van der Waals surface area contributed by atoms with Gasteiger partial charge in [-0.1, -0.05) is 0 Å². The van der Waals surface area contributed by atoms with Gasteiger partial charge >= 0.3 is 30.1 Å². The zero-order chi connectivity index (χ0) is 23.9. The number of alkyl halides is 15. The van der Waals surface area contributed by atoms with Gasteiger partial charge in [-0.25, -0.2) is 13.2 Å². The van der Waals surface area contributed by atoms with E-state index in [1.807, 2.05) is 0 Å². The van der Waals surface area contributed by atoms with Crippen LogP contribution in [0.4, 0.5) is 74.6 Å². The van der Waals surface area contributed by atoms with Gasteiger partial charge in [-0.05, 0) is 0 Å². The van der Waals surface area contributed by atoms with Crippen molar-refractivity contribution in [3.05, 3.63) is 12.2 Å². The van der Waals surface area contributed by atoms with Gasteiger partial charge in [-0.2, -0.15) is 61.5 Å². The minimum atomic E-state index is -7.33. The lowest BCUT2D eigenvalue weighted by atomic mass is 9.86. The molecule has 0 radical (unpaired) electrons. The van der Waals surface area contributed by atoms with Crippen LogP contribution in [0.3, 0.4) is 0 Å². The third-order valence-corrected chi connectivity index (χ3v) is 3.59. The summed E-state index contributed by atoms with van der Waals surface area (Å²) in [4.78, 5) is 0. The number of halogens is 17. The van der Waals surface area contributed by atoms with E-state index in [0.717, 1.165) is 0 Å². The van der Waals surface area contributed by atoms with E-state index in [-0.39, 0.29) is 0 Å². The van der Waals surface area contributed by atoms with Crippen LogP contribution in [-0.4, -0.2) is 48.1 Å². The Labute approximate surface area is 149 Å². The molecule has 0 bridgehead atoms. The first kappa shape index (κ1) is 27.5. The Bertz CT molecular complexity index is 579. The van der Waals surface area contributed by atoms with E-state index < -0.39 is 73.1 Å². The summed E-state index contributed by atoms with van der Waals surface area (Å²) in [5, 5.41) is 0. The molecular weight excluding hydrogens is 467 g/mol. The fraction of sp³-hybridized carbons (Fsp3) is 0.833. The highest BCUT2D eigenvalue weighted by molar-refractivity contribution is 5.17. The van der Waals surface area contributed by atoms with E-state index in [2.05, 4.69) is 0 Å².